The number of carbonyl (C=O) groups excluding carboxylic acids is 1. The van der Waals surface area contributed by atoms with Crippen LogP contribution in [0.2, 0.25) is 0 Å². The van der Waals surface area contributed by atoms with Gasteiger partial charge in [-0.25, -0.2) is 4.98 Å². The van der Waals surface area contributed by atoms with E-state index in [9.17, 15) is 4.79 Å². The van der Waals surface area contributed by atoms with Crippen molar-refractivity contribution in [3.05, 3.63) is 23.5 Å². The molecule has 1 amide bonds. The molecule has 2 aromatic rings. The van der Waals surface area contributed by atoms with Gasteiger partial charge < -0.3 is 14.6 Å². The first-order valence-electron chi connectivity index (χ1n) is 9.31. The van der Waals surface area contributed by atoms with Crippen LogP contribution in [0.25, 0.3) is 11.1 Å². The Hall–Kier alpha value is -1.99. The van der Waals surface area contributed by atoms with Gasteiger partial charge in [0.1, 0.15) is 0 Å². The van der Waals surface area contributed by atoms with Crippen molar-refractivity contribution in [3.8, 4) is 0 Å². The quantitative estimate of drug-likeness (QED) is 0.852. The van der Waals surface area contributed by atoms with Gasteiger partial charge in [0.05, 0.1) is 29.4 Å². The predicted octanol–water partition coefficient (Wildman–Crippen LogP) is 2.43. The summed E-state index contributed by atoms with van der Waals surface area (Å²) in [5.41, 5.74) is 1.80. The Morgan fingerprint density at radius 1 is 1.38 bits per heavy atom. The second-order valence-electron chi connectivity index (χ2n) is 7.66. The summed E-state index contributed by atoms with van der Waals surface area (Å²) >= 11 is 0. The lowest BCUT2D eigenvalue weighted by Gasteiger charge is -2.33. The molecular weight excluding hydrogens is 332 g/mol. The van der Waals surface area contributed by atoms with Crippen LogP contribution in [0.4, 0.5) is 0 Å². The van der Waals surface area contributed by atoms with Crippen LogP contribution in [0.3, 0.4) is 0 Å². The summed E-state index contributed by atoms with van der Waals surface area (Å²) in [6, 6.07) is 1.80. The normalized spacial score (nSPS) is 18.8. The highest BCUT2D eigenvalue weighted by molar-refractivity contribution is 5.97. The molecule has 7 nitrogen and oxygen atoms in total. The Labute approximate surface area is 154 Å². The molecular formula is C19H28N4O3. The molecule has 3 heterocycles. The molecule has 0 unspecified atom stereocenters. The molecule has 1 atom stereocenters. The summed E-state index contributed by atoms with van der Waals surface area (Å²) in [5, 5.41) is 7.81. The molecule has 1 N–H and O–H groups in total. The Kier molecular flexibility index (Phi) is 5.88. The van der Waals surface area contributed by atoms with E-state index in [4.69, 9.17) is 9.26 Å². The fourth-order valence-corrected chi connectivity index (χ4v) is 3.29. The molecule has 26 heavy (non-hydrogen) atoms. The number of fused-ring (bicyclic) bond motifs is 1. The highest BCUT2D eigenvalue weighted by atomic mass is 16.5. The zero-order chi connectivity index (χ0) is 18.7. The Morgan fingerprint density at radius 3 is 2.92 bits per heavy atom. The fourth-order valence-electron chi connectivity index (χ4n) is 3.29. The molecule has 1 aliphatic rings. The van der Waals surface area contributed by atoms with E-state index in [-0.39, 0.29) is 17.9 Å². The van der Waals surface area contributed by atoms with E-state index in [2.05, 4.69) is 34.2 Å². The van der Waals surface area contributed by atoms with Crippen LogP contribution in [0.15, 0.2) is 16.8 Å². The van der Waals surface area contributed by atoms with Crippen molar-refractivity contribution in [3.63, 3.8) is 0 Å². The van der Waals surface area contributed by atoms with Gasteiger partial charge in [0, 0.05) is 32.4 Å². The predicted molar refractivity (Wildman–Crippen MR) is 99.2 cm³/mol. The largest absolute Gasteiger partial charge is 0.374 e. The van der Waals surface area contributed by atoms with E-state index >= 15 is 0 Å². The maximum absolute atomic E-state index is 12.5. The van der Waals surface area contributed by atoms with Crippen LogP contribution in [-0.2, 0) is 4.74 Å². The van der Waals surface area contributed by atoms with Crippen LogP contribution in [0.5, 0.6) is 0 Å². The molecule has 0 spiro atoms. The van der Waals surface area contributed by atoms with Gasteiger partial charge in [-0.1, -0.05) is 32.9 Å². The Morgan fingerprint density at radius 2 is 2.19 bits per heavy atom. The maximum atomic E-state index is 12.5. The van der Waals surface area contributed by atoms with Crippen molar-refractivity contribution >= 4 is 17.0 Å². The van der Waals surface area contributed by atoms with E-state index in [1.807, 2.05) is 13.8 Å². The zero-order valence-electron chi connectivity index (χ0n) is 16.0. The lowest BCUT2D eigenvalue weighted by Crippen LogP contribution is -2.48. The molecule has 0 aromatic carbocycles. The number of hydrogen-bond donors (Lipinski definition) is 1. The molecule has 0 saturated carbocycles. The molecule has 1 aliphatic heterocycles. The first kappa shape index (κ1) is 18.8. The summed E-state index contributed by atoms with van der Waals surface area (Å²) in [4.78, 5) is 19.1. The average molecular weight is 360 g/mol. The number of pyridine rings is 1. The van der Waals surface area contributed by atoms with Crippen molar-refractivity contribution in [1.29, 1.82) is 0 Å². The van der Waals surface area contributed by atoms with Crippen LogP contribution in [0.1, 0.15) is 49.7 Å². The van der Waals surface area contributed by atoms with E-state index < -0.39 is 0 Å². The number of nitrogens with zero attached hydrogens (tertiary/aromatic N) is 3. The summed E-state index contributed by atoms with van der Waals surface area (Å²) in [6.07, 6.45) is 1.55. The number of nitrogens with one attached hydrogen (secondary N) is 1. The molecule has 7 heteroatoms. The lowest BCUT2D eigenvalue weighted by molar-refractivity contribution is -0.0295. The molecule has 142 valence electrons. The lowest BCUT2D eigenvalue weighted by atomic mass is 10.1. The number of rotatable bonds is 6. The van der Waals surface area contributed by atoms with Crippen molar-refractivity contribution in [1.82, 2.24) is 20.4 Å². The Bertz CT molecular complexity index is 756. The van der Waals surface area contributed by atoms with Gasteiger partial charge in [-0.2, -0.15) is 0 Å². The van der Waals surface area contributed by atoms with Crippen LogP contribution < -0.4 is 5.32 Å². The summed E-state index contributed by atoms with van der Waals surface area (Å²) in [7, 11) is 0. The van der Waals surface area contributed by atoms with E-state index in [1.165, 1.54) is 6.20 Å². The molecule has 3 rings (SSSR count). The minimum atomic E-state index is -0.153. The highest BCUT2D eigenvalue weighted by Gasteiger charge is 2.22. The SMILES string of the molecule is CC(C)CN1CCO[C@H](CNC(=O)c2cnc3onc(C(C)C)c3c2)C1. The number of hydrogen-bond acceptors (Lipinski definition) is 6. The first-order chi connectivity index (χ1) is 12.4. The standard InChI is InChI=1S/C19H28N4O3/c1-12(2)10-23-5-6-25-15(11-23)9-20-18(24)14-7-16-17(13(3)4)22-26-19(16)21-8-14/h7-8,12-13,15H,5-6,9-11H2,1-4H3,(H,20,24)/t15-/m1/s1. The van der Waals surface area contributed by atoms with E-state index in [0.29, 0.717) is 30.3 Å². The average Bonchev–Trinajstić information content (AvgIpc) is 3.02. The van der Waals surface area contributed by atoms with Crippen LogP contribution in [-0.4, -0.2) is 59.8 Å². The topological polar surface area (TPSA) is 80.5 Å². The van der Waals surface area contributed by atoms with E-state index in [1.54, 1.807) is 6.07 Å². The molecule has 0 aliphatic carbocycles. The van der Waals surface area contributed by atoms with Gasteiger partial charge in [0.15, 0.2) is 0 Å². The number of amides is 1. The number of aromatic nitrogens is 2. The van der Waals surface area contributed by atoms with Gasteiger partial charge in [-0.3, -0.25) is 9.69 Å². The van der Waals surface area contributed by atoms with Gasteiger partial charge in [0.25, 0.3) is 11.6 Å². The van der Waals surface area contributed by atoms with Crippen molar-refractivity contribution in [2.24, 2.45) is 5.92 Å². The number of carbonyl (C=O) groups is 1. The second-order valence-corrected chi connectivity index (χ2v) is 7.66. The molecule has 1 fully saturated rings. The summed E-state index contributed by atoms with van der Waals surface area (Å²) in [5.74, 6) is 0.679. The molecule has 2 aromatic heterocycles. The first-order valence-corrected chi connectivity index (χ1v) is 9.31. The van der Waals surface area contributed by atoms with E-state index in [0.717, 1.165) is 30.7 Å². The minimum absolute atomic E-state index is 0.0185. The molecule has 0 radical (unpaired) electrons. The van der Waals surface area contributed by atoms with Crippen LogP contribution >= 0.6 is 0 Å². The third-order valence-electron chi connectivity index (χ3n) is 4.50. The maximum Gasteiger partial charge on any atom is 0.257 e. The number of ether oxygens (including phenoxy) is 1. The highest BCUT2D eigenvalue weighted by Crippen LogP contribution is 2.24. The summed E-state index contributed by atoms with van der Waals surface area (Å²) < 4.78 is 11.0. The Balaban J connectivity index is 1.61. The molecule has 1 saturated heterocycles. The number of morpholine rings is 1. The van der Waals surface area contributed by atoms with Crippen molar-refractivity contribution in [2.75, 3.05) is 32.8 Å². The van der Waals surface area contributed by atoms with Gasteiger partial charge in [-0.05, 0) is 17.9 Å². The monoisotopic (exact) mass is 360 g/mol. The third-order valence-corrected chi connectivity index (χ3v) is 4.50. The minimum Gasteiger partial charge on any atom is -0.374 e. The smallest absolute Gasteiger partial charge is 0.257 e. The third kappa shape index (κ3) is 4.40. The van der Waals surface area contributed by atoms with Crippen LogP contribution in [0, 0.1) is 5.92 Å². The summed E-state index contributed by atoms with van der Waals surface area (Å²) in [6.45, 7) is 12.6. The van der Waals surface area contributed by atoms with Gasteiger partial charge >= 0.3 is 0 Å². The van der Waals surface area contributed by atoms with Gasteiger partial charge in [0.2, 0.25) is 0 Å². The fraction of sp³-hybridized carbons (Fsp3) is 0.632. The zero-order valence-corrected chi connectivity index (χ0v) is 16.0. The van der Waals surface area contributed by atoms with Gasteiger partial charge in [-0.15, -0.1) is 0 Å². The van der Waals surface area contributed by atoms with Crippen molar-refractivity contribution < 1.29 is 14.1 Å². The van der Waals surface area contributed by atoms with Crippen molar-refractivity contribution in [2.45, 2.75) is 39.7 Å². The second kappa shape index (κ2) is 8.14. The molecule has 0 bridgehead atoms.